The molecule has 1 aliphatic rings. The number of ether oxygens (including phenoxy) is 1. The monoisotopic (exact) mass is 357 g/mol. The van der Waals surface area contributed by atoms with Crippen LogP contribution in [0.5, 0.6) is 0 Å². The number of benzene rings is 1. The van der Waals surface area contributed by atoms with Gasteiger partial charge in [-0.15, -0.1) is 0 Å². The second-order valence-electron chi connectivity index (χ2n) is 6.74. The molecule has 4 rings (SSSR count). The van der Waals surface area contributed by atoms with Crippen molar-refractivity contribution in [3.05, 3.63) is 57.1 Å². The maximum atomic E-state index is 13.4. The van der Waals surface area contributed by atoms with Crippen molar-refractivity contribution in [1.82, 2.24) is 13.7 Å². The SMILES string of the molecule is Cn1c(=O)c2c(-c3ccc(F)cc3)n(C[C@@H]3CCCO3)cc2n(C)c1=O. The number of aryl methyl sites for hydroxylation is 1. The maximum Gasteiger partial charge on any atom is 0.330 e. The molecule has 0 amide bonds. The van der Waals surface area contributed by atoms with Crippen molar-refractivity contribution in [1.29, 1.82) is 0 Å². The molecule has 26 heavy (non-hydrogen) atoms. The number of hydrogen-bond donors (Lipinski definition) is 0. The Hall–Kier alpha value is -2.67. The lowest BCUT2D eigenvalue weighted by atomic mass is 10.1. The van der Waals surface area contributed by atoms with Crippen molar-refractivity contribution >= 4 is 10.9 Å². The lowest BCUT2D eigenvalue weighted by Gasteiger charge is -2.14. The molecule has 2 aromatic heterocycles. The van der Waals surface area contributed by atoms with Crippen LogP contribution in [0.15, 0.2) is 40.1 Å². The third kappa shape index (κ3) is 2.59. The van der Waals surface area contributed by atoms with Crippen LogP contribution in [-0.2, 0) is 25.4 Å². The van der Waals surface area contributed by atoms with Gasteiger partial charge in [-0.2, -0.15) is 0 Å². The molecule has 1 aliphatic heterocycles. The number of hydrogen-bond acceptors (Lipinski definition) is 3. The average molecular weight is 357 g/mol. The summed E-state index contributed by atoms with van der Waals surface area (Å²) in [5.74, 6) is -0.337. The molecule has 6 nitrogen and oxygen atoms in total. The summed E-state index contributed by atoms with van der Waals surface area (Å²) >= 11 is 0. The molecule has 7 heteroatoms. The van der Waals surface area contributed by atoms with Crippen molar-refractivity contribution in [2.45, 2.75) is 25.5 Å². The summed E-state index contributed by atoms with van der Waals surface area (Å²) in [5.41, 5.74) is 1.26. The van der Waals surface area contributed by atoms with Crippen LogP contribution in [0.4, 0.5) is 4.39 Å². The highest BCUT2D eigenvalue weighted by Crippen LogP contribution is 2.29. The van der Waals surface area contributed by atoms with Gasteiger partial charge in [-0.1, -0.05) is 0 Å². The maximum absolute atomic E-state index is 13.4. The smallest absolute Gasteiger partial charge is 0.330 e. The van der Waals surface area contributed by atoms with Crippen LogP contribution in [0.2, 0.25) is 0 Å². The van der Waals surface area contributed by atoms with Crippen molar-refractivity contribution in [3.8, 4) is 11.3 Å². The minimum Gasteiger partial charge on any atom is -0.376 e. The third-order valence-corrected chi connectivity index (χ3v) is 5.05. The fourth-order valence-corrected chi connectivity index (χ4v) is 3.66. The molecule has 0 N–H and O–H groups in total. The van der Waals surface area contributed by atoms with Crippen LogP contribution in [0.25, 0.3) is 22.2 Å². The second kappa shape index (κ2) is 6.25. The molecular formula is C19H20FN3O3. The predicted octanol–water partition coefficient (Wildman–Crippen LogP) is 2.02. The molecule has 0 radical (unpaired) electrons. The van der Waals surface area contributed by atoms with E-state index in [9.17, 15) is 14.0 Å². The Balaban J connectivity index is 2.02. The van der Waals surface area contributed by atoms with Crippen LogP contribution >= 0.6 is 0 Å². The van der Waals surface area contributed by atoms with E-state index in [0.717, 1.165) is 29.6 Å². The van der Waals surface area contributed by atoms with Gasteiger partial charge in [0.25, 0.3) is 5.56 Å². The Morgan fingerprint density at radius 2 is 1.88 bits per heavy atom. The van der Waals surface area contributed by atoms with E-state index in [4.69, 9.17) is 4.74 Å². The minimum atomic E-state index is -0.373. The summed E-state index contributed by atoms with van der Waals surface area (Å²) in [4.78, 5) is 25.1. The molecule has 0 unspecified atom stereocenters. The molecular weight excluding hydrogens is 337 g/mol. The Bertz CT molecular complexity index is 1090. The number of aromatic nitrogens is 3. The lowest BCUT2D eigenvalue weighted by Crippen LogP contribution is -2.36. The van der Waals surface area contributed by atoms with Crippen LogP contribution in [0, 0.1) is 5.82 Å². The topological polar surface area (TPSA) is 58.2 Å². The van der Waals surface area contributed by atoms with Gasteiger partial charge in [0.15, 0.2) is 0 Å². The highest BCUT2D eigenvalue weighted by Gasteiger charge is 2.23. The Labute approximate surface area is 149 Å². The predicted molar refractivity (Wildman–Crippen MR) is 96.8 cm³/mol. The molecule has 3 aromatic rings. The highest BCUT2D eigenvalue weighted by molar-refractivity contribution is 5.93. The van der Waals surface area contributed by atoms with E-state index in [0.29, 0.717) is 23.1 Å². The largest absolute Gasteiger partial charge is 0.376 e. The summed E-state index contributed by atoms with van der Waals surface area (Å²) in [6.07, 6.45) is 3.85. The first kappa shape index (κ1) is 16.8. The lowest BCUT2D eigenvalue weighted by molar-refractivity contribution is 0.0975. The van der Waals surface area contributed by atoms with Gasteiger partial charge in [-0.05, 0) is 42.7 Å². The van der Waals surface area contributed by atoms with Crippen molar-refractivity contribution in [2.75, 3.05) is 6.61 Å². The molecule has 0 saturated carbocycles. The van der Waals surface area contributed by atoms with Gasteiger partial charge in [0.05, 0.1) is 22.7 Å². The van der Waals surface area contributed by atoms with Crippen LogP contribution < -0.4 is 11.2 Å². The Morgan fingerprint density at radius 3 is 2.54 bits per heavy atom. The summed E-state index contributed by atoms with van der Waals surface area (Å²) in [7, 11) is 3.12. The summed E-state index contributed by atoms with van der Waals surface area (Å²) in [5, 5.41) is 0.458. The quantitative estimate of drug-likeness (QED) is 0.721. The number of fused-ring (bicyclic) bond motifs is 1. The fourth-order valence-electron chi connectivity index (χ4n) is 3.66. The molecule has 1 saturated heterocycles. The zero-order valence-electron chi connectivity index (χ0n) is 14.7. The number of rotatable bonds is 3. The first-order valence-electron chi connectivity index (χ1n) is 8.64. The molecule has 3 heterocycles. The number of nitrogens with zero attached hydrogens (tertiary/aromatic N) is 3. The normalized spacial score (nSPS) is 17.3. The van der Waals surface area contributed by atoms with Crippen LogP contribution in [0.3, 0.4) is 0 Å². The van der Waals surface area contributed by atoms with Crippen molar-refractivity contribution < 1.29 is 9.13 Å². The van der Waals surface area contributed by atoms with E-state index < -0.39 is 0 Å². The van der Waals surface area contributed by atoms with E-state index in [1.54, 1.807) is 19.2 Å². The summed E-state index contributed by atoms with van der Waals surface area (Å²) in [6.45, 7) is 1.32. The minimum absolute atomic E-state index is 0.0666. The molecule has 1 fully saturated rings. The highest BCUT2D eigenvalue weighted by atomic mass is 19.1. The van der Waals surface area contributed by atoms with Gasteiger partial charge >= 0.3 is 5.69 Å². The summed E-state index contributed by atoms with van der Waals surface area (Å²) in [6, 6.07) is 6.05. The van der Waals surface area contributed by atoms with Crippen LogP contribution in [-0.4, -0.2) is 26.4 Å². The molecule has 0 aliphatic carbocycles. The zero-order chi connectivity index (χ0) is 18.4. The Kier molecular flexibility index (Phi) is 4.03. The zero-order valence-corrected chi connectivity index (χ0v) is 14.7. The van der Waals surface area contributed by atoms with Crippen molar-refractivity contribution in [2.24, 2.45) is 14.1 Å². The van der Waals surface area contributed by atoms with Gasteiger partial charge in [0.1, 0.15) is 5.82 Å². The molecule has 0 spiro atoms. The summed E-state index contributed by atoms with van der Waals surface area (Å²) < 4.78 is 23.7. The third-order valence-electron chi connectivity index (χ3n) is 5.05. The first-order chi connectivity index (χ1) is 12.5. The van der Waals surface area contributed by atoms with E-state index in [1.165, 1.54) is 23.7 Å². The van der Waals surface area contributed by atoms with Gasteiger partial charge in [0, 0.05) is 33.4 Å². The van der Waals surface area contributed by atoms with Crippen molar-refractivity contribution in [3.63, 3.8) is 0 Å². The van der Waals surface area contributed by atoms with E-state index in [-0.39, 0.29) is 23.2 Å². The van der Waals surface area contributed by atoms with Gasteiger partial charge in [-0.25, -0.2) is 9.18 Å². The first-order valence-corrected chi connectivity index (χ1v) is 8.64. The standard InChI is InChI=1S/C19H20FN3O3/c1-21-15-11-23(10-14-4-3-9-26-14)17(12-5-7-13(20)8-6-12)16(15)18(24)22(2)19(21)25/h5-8,11,14H,3-4,9-10H2,1-2H3/t14-/m0/s1. The molecule has 136 valence electrons. The molecule has 1 aromatic carbocycles. The van der Waals surface area contributed by atoms with Gasteiger partial charge in [-0.3, -0.25) is 13.9 Å². The fraction of sp³-hybridized carbons (Fsp3) is 0.368. The second-order valence-corrected chi connectivity index (χ2v) is 6.74. The Morgan fingerprint density at radius 1 is 1.15 bits per heavy atom. The van der Waals surface area contributed by atoms with E-state index in [2.05, 4.69) is 0 Å². The van der Waals surface area contributed by atoms with Crippen LogP contribution in [0.1, 0.15) is 12.8 Å². The van der Waals surface area contributed by atoms with E-state index in [1.807, 2.05) is 10.8 Å². The van der Waals surface area contributed by atoms with Gasteiger partial charge in [0.2, 0.25) is 0 Å². The molecule has 0 bridgehead atoms. The molecule has 1 atom stereocenters. The van der Waals surface area contributed by atoms with Gasteiger partial charge < -0.3 is 9.30 Å². The average Bonchev–Trinajstić information content (AvgIpc) is 3.27. The van der Waals surface area contributed by atoms with E-state index >= 15 is 0 Å². The number of halogens is 1.